The maximum atomic E-state index is 11.0. The summed E-state index contributed by atoms with van der Waals surface area (Å²) in [5.74, 6) is -0.113. The van der Waals surface area contributed by atoms with Gasteiger partial charge in [0.2, 0.25) is 5.91 Å². The summed E-state index contributed by atoms with van der Waals surface area (Å²) in [4.78, 5) is 14.6. The van der Waals surface area contributed by atoms with E-state index >= 15 is 0 Å². The highest BCUT2D eigenvalue weighted by atomic mass is 79.9. The molecule has 1 amide bonds. The van der Waals surface area contributed by atoms with E-state index in [1.807, 2.05) is 0 Å². The normalized spacial score (nSPS) is 22.1. The molecule has 1 saturated heterocycles. The van der Waals surface area contributed by atoms with Crippen LogP contribution in [0.4, 0.5) is 0 Å². The number of primary amides is 1. The molecule has 0 aromatic carbocycles. The maximum Gasteiger partial charge on any atom is 0.221 e. The second-order valence-electron chi connectivity index (χ2n) is 3.83. The molecule has 1 fully saturated rings. The lowest BCUT2D eigenvalue weighted by molar-refractivity contribution is -0.121. The average molecular weight is 289 g/mol. The average Bonchev–Trinajstić information content (AvgIpc) is 2.76. The lowest BCUT2D eigenvalue weighted by atomic mass is 10.1. The van der Waals surface area contributed by atoms with Crippen LogP contribution in [0.5, 0.6) is 0 Å². The van der Waals surface area contributed by atoms with Crippen LogP contribution in [0.2, 0.25) is 0 Å². The number of halogens is 1. The first-order valence-electron chi connectivity index (χ1n) is 4.91. The Kier molecular flexibility index (Phi) is 3.43. The molecule has 1 aliphatic heterocycles. The summed E-state index contributed by atoms with van der Waals surface area (Å²) in [6.45, 7) is 2.72. The number of carbonyl (C=O) groups is 1. The Morgan fingerprint density at radius 1 is 1.67 bits per heavy atom. The molecule has 0 spiro atoms. The predicted octanol–water partition coefficient (Wildman–Crippen LogP) is 1.82. The summed E-state index contributed by atoms with van der Waals surface area (Å²) in [5, 5.41) is 0. The zero-order valence-electron chi connectivity index (χ0n) is 8.28. The molecular weight excluding hydrogens is 276 g/mol. The van der Waals surface area contributed by atoms with Crippen molar-refractivity contribution in [3.8, 4) is 0 Å². The van der Waals surface area contributed by atoms with Crippen LogP contribution in [-0.2, 0) is 11.3 Å². The third-order valence-corrected chi connectivity index (χ3v) is 4.29. The highest BCUT2D eigenvalue weighted by Crippen LogP contribution is 2.25. The van der Waals surface area contributed by atoms with E-state index in [1.165, 1.54) is 4.88 Å². The van der Waals surface area contributed by atoms with Crippen LogP contribution in [0.15, 0.2) is 15.9 Å². The van der Waals surface area contributed by atoms with Crippen molar-refractivity contribution in [2.45, 2.75) is 13.0 Å². The predicted molar refractivity (Wildman–Crippen MR) is 64.6 cm³/mol. The summed E-state index contributed by atoms with van der Waals surface area (Å²) in [7, 11) is 0. The van der Waals surface area contributed by atoms with Crippen molar-refractivity contribution in [2.24, 2.45) is 11.7 Å². The monoisotopic (exact) mass is 288 g/mol. The molecule has 2 heterocycles. The Morgan fingerprint density at radius 2 is 2.47 bits per heavy atom. The quantitative estimate of drug-likeness (QED) is 0.922. The molecule has 2 rings (SSSR count). The number of thiophene rings is 1. The number of hydrogen-bond donors (Lipinski definition) is 1. The smallest absolute Gasteiger partial charge is 0.221 e. The van der Waals surface area contributed by atoms with Crippen molar-refractivity contribution in [2.75, 3.05) is 13.1 Å². The molecule has 1 aromatic rings. The second kappa shape index (κ2) is 4.63. The van der Waals surface area contributed by atoms with Gasteiger partial charge in [-0.05, 0) is 41.0 Å². The van der Waals surface area contributed by atoms with Gasteiger partial charge in [-0.1, -0.05) is 0 Å². The zero-order valence-corrected chi connectivity index (χ0v) is 10.7. The van der Waals surface area contributed by atoms with E-state index < -0.39 is 0 Å². The Morgan fingerprint density at radius 3 is 3.00 bits per heavy atom. The molecule has 1 unspecified atom stereocenters. The molecule has 0 bridgehead atoms. The standard InChI is InChI=1S/C10H13BrN2OS/c11-9-2-1-8(15-9)6-13-4-3-7(5-13)10(12)14/h1-2,7H,3-6H2,(H2,12,14). The zero-order chi connectivity index (χ0) is 10.8. The fourth-order valence-corrected chi connectivity index (χ4v) is 3.39. The van der Waals surface area contributed by atoms with Gasteiger partial charge < -0.3 is 5.73 Å². The van der Waals surface area contributed by atoms with Crippen molar-refractivity contribution in [3.05, 3.63) is 20.8 Å². The van der Waals surface area contributed by atoms with Crippen LogP contribution in [0.1, 0.15) is 11.3 Å². The van der Waals surface area contributed by atoms with Gasteiger partial charge in [0.05, 0.1) is 9.70 Å². The molecule has 0 saturated carbocycles. The van der Waals surface area contributed by atoms with E-state index in [-0.39, 0.29) is 11.8 Å². The van der Waals surface area contributed by atoms with Gasteiger partial charge >= 0.3 is 0 Å². The van der Waals surface area contributed by atoms with E-state index in [1.54, 1.807) is 11.3 Å². The van der Waals surface area contributed by atoms with Crippen molar-refractivity contribution in [1.82, 2.24) is 4.90 Å². The van der Waals surface area contributed by atoms with Gasteiger partial charge in [0.25, 0.3) is 0 Å². The molecule has 15 heavy (non-hydrogen) atoms. The Balaban J connectivity index is 1.90. The molecule has 1 atom stereocenters. The van der Waals surface area contributed by atoms with E-state index in [0.29, 0.717) is 0 Å². The van der Waals surface area contributed by atoms with E-state index in [0.717, 1.165) is 29.8 Å². The van der Waals surface area contributed by atoms with Crippen LogP contribution >= 0.6 is 27.3 Å². The van der Waals surface area contributed by atoms with Gasteiger partial charge in [0.1, 0.15) is 0 Å². The van der Waals surface area contributed by atoms with Gasteiger partial charge in [-0.3, -0.25) is 9.69 Å². The first-order valence-corrected chi connectivity index (χ1v) is 6.52. The third-order valence-electron chi connectivity index (χ3n) is 2.68. The van der Waals surface area contributed by atoms with Crippen LogP contribution in [-0.4, -0.2) is 23.9 Å². The Hall–Kier alpha value is -0.390. The molecule has 82 valence electrons. The van der Waals surface area contributed by atoms with Crippen LogP contribution in [0, 0.1) is 5.92 Å². The summed E-state index contributed by atoms with van der Waals surface area (Å²) >= 11 is 5.19. The molecule has 1 aliphatic rings. The van der Waals surface area contributed by atoms with Crippen molar-refractivity contribution in [3.63, 3.8) is 0 Å². The minimum Gasteiger partial charge on any atom is -0.369 e. The largest absolute Gasteiger partial charge is 0.369 e. The minimum absolute atomic E-state index is 0.0494. The summed E-state index contributed by atoms with van der Waals surface area (Å²) in [6, 6.07) is 4.17. The van der Waals surface area contributed by atoms with Crippen LogP contribution in [0.3, 0.4) is 0 Å². The number of nitrogens with zero attached hydrogens (tertiary/aromatic N) is 1. The fourth-order valence-electron chi connectivity index (χ4n) is 1.87. The number of hydrogen-bond acceptors (Lipinski definition) is 3. The Labute approximate surface area is 101 Å². The lowest BCUT2D eigenvalue weighted by Gasteiger charge is -2.13. The van der Waals surface area contributed by atoms with E-state index in [2.05, 4.69) is 33.0 Å². The number of rotatable bonds is 3. The molecule has 0 radical (unpaired) electrons. The number of carbonyl (C=O) groups excluding carboxylic acids is 1. The number of amides is 1. The van der Waals surface area contributed by atoms with Crippen molar-refractivity contribution < 1.29 is 4.79 Å². The number of nitrogens with two attached hydrogens (primary N) is 1. The SMILES string of the molecule is NC(=O)C1CCN(Cc2ccc(Br)s2)C1. The van der Waals surface area contributed by atoms with Gasteiger partial charge in [-0.25, -0.2) is 0 Å². The van der Waals surface area contributed by atoms with E-state index in [9.17, 15) is 4.79 Å². The third kappa shape index (κ3) is 2.80. The molecule has 1 aromatic heterocycles. The first-order chi connectivity index (χ1) is 7.15. The van der Waals surface area contributed by atoms with Crippen molar-refractivity contribution in [1.29, 1.82) is 0 Å². The van der Waals surface area contributed by atoms with Gasteiger partial charge in [0, 0.05) is 18.0 Å². The number of likely N-dealkylation sites (tertiary alicyclic amines) is 1. The second-order valence-corrected chi connectivity index (χ2v) is 6.38. The maximum absolute atomic E-state index is 11.0. The van der Waals surface area contributed by atoms with E-state index in [4.69, 9.17) is 5.73 Å². The van der Waals surface area contributed by atoms with Gasteiger partial charge in [0.15, 0.2) is 0 Å². The summed E-state index contributed by atoms with van der Waals surface area (Å²) in [5.41, 5.74) is 5.29. The van der Waals surface area contributed by atoms with Crippen LogP contribution < -0.4 is 5.73 Å². The van der Waals surface area contributed by atoms with Crippen molar-refractivity contribution >= 4 is 33.2 Å². The highest BCUT2D eigenvalue weighted by molar-refractivity contribution is 9.11. The molecule has 5 heteroatoms. The summed E-state index contributed by atoms with van der Waals surface area (Å²) < 4.78 is 1.16. The highest BCUT2D eigenvalue weighted by Gasteiger charge is 2.26. The first kappa shape index (κ1) is 11.1. The molecule has 2 N–H and O–H groups in total. The molecule has 3 nitrogen and oxygen atoms in total. The van der Waals surface area contributed by atoms with Gasteiger partial charge in [-0.2, -0.15) is 0 Å². The molecular formula is C10H13BrN2OS. The minimum atomic E-state index is -0.162. The summed E-state index contributed by atoms with van der Waals surface area (Å²) in [6.07, 6.45) is 0.905. The topological polar surface area (TPSA) is 46.3 Å². The Bertz CT molecular complexity index is 366. The lowest BCUT2D eigenvalue weighted by Crippen LogP contribution is -2.27. The van der Waals surface area contributed by atoms with Crippen LogP contribution in [0.25, 0.3) is 0 Å². The van der Waals surface area contributed by atoms with Gasteiger partial charge in [-0.15, -0.1) is 11.3 Å². The molecule has 0 aliphatic carbocycles. The fraction of sp³-hybridized carbons (Fsp3) is 0.500.